The number of fused-ring (bicyclic) bond motifs is 1. The Kier molecular flexibility index (Phi) is 5.72. The van der Waals surface area contributed by atoms with E-state index in [1.165, 1.54) is 29.5 Å². The number of ether oxygens (including phenoxy) is 1. The molecule has 1 saturated heterocycles. The predicted octanol–water partition coefficient (Wildman–Crippen LogP) is 1.91. The van der Waals surface area contributed by atoms with Crippen LogP contribution in [0.4, 0.5) is 5.13 Å². The van der Waals surface area contributed by atoms with Crippen LogP contribution in [0.1, 0.15) is 32.6 Å². The molecule has 0 aromatic carbocycles. The topological polar surface area (TPSA) is 93.2 Å². The highest BCUT2D eigenvalue weighted by Crippen LogP contribution is 2.44. The van der Waals surface area contributed by atoms with E-state index in [2.05, 4.69) is 20.8 Å². The Hall–Kier alpha value is -1.19. The van der Waals surface area contributed by atoms with Gasteiger partial charge in [-0.25, -0.2) is 0 Å². The highest BCUT2D eigenvalue weighted by Gasteiger charge is 2.50. The lowest BCUT2D eigenvalue weighted by molar-refractivity contribution is -0.139. The van der Waals surface area contributed by atoms with Crippen LogP contribution < -0.4 is 10.6 Å². The van der Waals surface area contributed by atoms with Crippen molar-refractivity contribution >= 4 is 40.1 Å². The molecule has 132 valence electrons. The van der Waals surface area contributed by atoms with E-state index in [1.54, 1.807) is 6.92 Å². The minimum absolute atomic E-state index is 0.0512. The van der Waals surface area contributed by atoms with E-state index >= 15 is 0 Å². The maximum atomic E-state index is 12.8. The van der Waals surface area contributed by atoms with Crippen LogP contribution in [-0.2, 0) is 14.3 Å². The number of esters is 1. The summed E-state index contributed by atoms with van der Waals surface area (Å²) in [7, 11) is 0. The van der Waals surface area contributed by atoms with Crippen LogP contribution in [0.5, 0.6) is 0 Å². The largest absolute Gasteiger partial charge is 0.465 e. The lowest BCUT2D eigenvalue weighted by Crippen LogP contribution is -2.44. The zero-order valence-corrected chi connectivity index (χ0v) is 15.3. The average molecular weight is 371 g/mol. The predicted molar refractivity (Wildman–Crippen MR) is 93.2 cm³/mol. The second-order valence-electron chi connectivity index (χ2n) is 6.15. The highest BCUT2D eigenvalue weighted by molar-refractivity contribution is 8.01. The summed E-state index contributed by atoms with van der Waals surface area (Å²) >= 11 is 2.57. The molecule has 1 amide bonds. The van der Waals surface area contributed by atoms with E-state index in [4.69, 9.17) is 4.74 Å². The summed E-state index contributed by atoms with van der Waals surface area (Å²) < 4.78 is 5.53. The van der Waals surface area contributed by atoms with Crippen LogP contribution in [0.2, 0.25) is 0 Å². The molecule has 3 rings (SSSR count). The monoisotopic (exact) mass is 370 g/mol. The van der Waals surface area contributed by atoms with Gasteiger partial charge in [-0.05, 0) is 32.2 Å². The molecular formula is C15H22N4O3S2. The van der Waals surface area contributed by atoms with Gasteiger partial charge in [-0.3, -0.25) is 14.9 Å². The number of carbonyl (C=O) groups is 2. The third kappa shape index (κ3) is 3.73. The lowest BCUT2D eigenvalue weighted by atomic mass is 9.68. The smallest absolute Gasteiger partial charge is 0.316 e. The van der Waals surface area contributed by atoms with Crippen LogP contribution in [0.15, 0.2) is 4.34 Å². The van der Waals surface area contributed by atoms with Crippen LogP contribution in [0.3, 0.4) is 0 Å². The summed E-state index contributed by atoms with van der Waals surface area (Å²) in [4.78, 5) is 24.2. The number of carbonyl (C=O) groups excluding carboxylic acids is 2. The fourth-order valence-corrected chi connectivity index (χ4v) is 5.10. The maximum Gasteiger partial charge on any atom is 0.316 e. The Morgan fingerprint density at radius 3 is 3.17 bits per heavy atom. The first kappa shape index (κ1) is 17.6. The van der Waals surface area contributed by atoms with Crippen LogP contribution >= 0.6 is 23.1 Å². The quantitative estimate of drug-likeness (QED) is 0.449. The first-order valence-electron chi connectivity index (χ1n) is 8.28. The fraction of sp³-hybridized carbons (Fsp3) is 0.733. The number of hydrogen-bond donors (Lipinski definition) is 2. The van der Waals surface area contributed by atoms with Gasteiger partial charge in [0.1, 0.15) is 0 Å². The standard InChI is InChI=1S/C15H22N4O3S2/c1-2-22-11(20)8-23-14-19-18-13(24-14)17-12(21)15-6-4-3-5-10(15)7-16-9-15/h10,16H,2-9H2,1H3,(H,17,18,21)/t10-,15+/m0/s1. The number of anilines is 1. The second-order valence-corrected chi connectivity index (χ2v) is 8.35. The third-order valence-electron chi connectivity index (χ3n) is 4.74. The highest BCUT2D eigenvalue weighted by atomic mass is 32.2. The summed E-state index contributed by atoms with van der Waals surface area (Å²) in [6, 6.07) is 0. The number of hydrogen-bond acceptors (Lipinski definition) is 8. The van der Waals surface area contributed by atoms with E-state index in [9.17, 15) is 9.59 Å². The molecule has 2 N–H and O–H groups in total. The number of thioether (sulfide) groups is 1. The minimum atomic E-state index is -0.303. The van der Waals surface area contributed by atoms with Gasteiger partial charge < -0.3 is 10.1 Å². The van der Waals surface area contributed by atoms with Gasteiger partial charge in [0.25, 0.3) is 0 Å². The molecule has 9 heteroatoms. The van der Waals surface area contributed by atoms with E-state index in [0.717, 1.165) is 32.4 Å². The molecule has 2 fully saturated rings. The van der Waals surface area contributed by atoms with Crippen LogP contribution in [0, 0.1) is 11.3 Å². The maximum absolute atomic E-state index is 12.8. The van der Waals surface area contributed by atoms with Crippen LogP contribution in [-0.4, -0.2) is 47.5 Å². The van der Waals surface area contributed by atoms with E-state index in [1.807, 2.05) is 0 Å². The molecule has 1 aliphatic carbocycles. The molecule has 24 heavy (non-hydrogen) atoms. The van der Waals surface area contributed by atoms with Crippen molar-refractivity contribution in [3.8, 4) is 0 Å². The number of aromatic nitrogens is 2. The van der Waals surface area contributed by atoms with Crippen molar-refractivity contribution in [2.24, 2.45) is 11.3 Å². The molecule has 2 atom stereocenters. The second kappa shape index (κ2) is 7.79. The molecule has 0 bridgehead atoms. The molecule has 2 aliphatic rings. The summed E-state index contributed by atoms with van der Waals surface area (Å²) in [6.07, 6.45) is 4.34. The van der Waals surface area contributed by atoms with Crippen molar-refractivity contribution in [3.05, 3.63) is 0 Å². The number of nitrogens with one attached hydrogen (secondary N) is 2. The first-order chi connectivity index (χ1) is 11.6. The fourth-order valence-electron chi connectivity index (χ4n) is 3.55. The van der Waals surface area contributed by atoms with Crippen molar-refractivity contribution in [1.82, 2.24) is 15.5 Å². The summed E-state index contributed by atoms with van der Waals surface area (Å²) in [5.41, 5.74) is -0.303. The van der Waals surface area contributed by atoms with Crippen molar-refractivity contribution in [1.29, 1.82) is 0 Å². The summed E-state index contributed by atoms with van der Waals surface area (Å²) in [5.74, 6) is 0.392. The molecule has 1 aromatic heterocycles. The van der Waals surface area contributed by atoms with E-state index in [0.29, 0.717) is 22.0 Å². The first-order valence-corrected chi connectivity index (χ1v) is 10.1. The number of nitrogens with zero attached hydrogens (tertiary/aromatic N) is 2. The molecule has 1 aliphatic heterocycles. The number of amides is 1. The van der Waals surface area contributed by atoms with Gasteiger partial charge in [0.05, 0.1) is 17.8 Å². The van der Waals surface area contributed by atoms with E-state index in [-0.39, 0.29) is 23.0 Å². The molecular weight excluding hydrogens is 348 g/mol. The van der Waals surface area contributed by atoms with Crippen LogP contribution in [0.25, 0.3) is 0 Å². The van der Waals surface area contributed by atoms with Gasteiger partial charge in [0.15, 0.2) is 4.34 Å². The van der Waals surface area contributed by atoms with E-state index < -0.39 is 0 Å². The normalized spacial score (nSPS) is 26.0. The van der Waals surface area contributed by atoms with Crippen molar-refractivity contribution < 1.29 is 14.3 Å². The molecule has 1 aromatic rings. The molecule has 2 heterocycles. The Morgan fingerprint density at radius 1 is 1.46 bits per heavy atom. The van der Waals surface area contributed by atoms with Crippen molar-refractivity contribution in [2.75, 3.05) is 30.8 Å². The Morgan fingerprint density at radius 2 is 2.33 bits per heavy atom. The Labute approximate surface area is 149 Å². The Balaban J connectivity index is 1.58. The zero-order valence-electron chi connectivity index (χ0n) is 13.7. The lowest BCUT2D eigenvalue weighted by Gasteiger charge is -2.36. The summed E-state index contributed by atoms with van der Waals surface area (Å²) in [5, 5.41) is 14.9. The number of rotatable bonds is 6. The van der Waals surface area contributed by atoms with Gasteiger partial charge in [0.2, 0.25) is 11.0 Å². The van der Waals surface area contributed by atoms with Gasteiger partial charge in [-0.2, -0.15) is 0 Å². The van der Waals surface area contributed by atoms with Gasteiger partial charge in [-0.15, -0.1) is 10.2 Å². The molecule has 7 nitrogen and oxygen atoms in total. The SMILES string of the molecule is CCOC(=O)CSc1nnc(NC(=O)[C@@]23CCCC[C@H]2CNC3)s1. The third-order valence-corrected chi connectivity index (χ3v) is 6.68. The van der Waals surface area contributed by atoms with Gasteiger partial charge >= 0.3 is 5.97 Å². The Bertz CT molecular complexity index is 609. The molecule has 1 saturated carbocycles. The van der Waals surface area contributed by atoms with Crippen molar-refractivity contribution in [2.45, 2.75) is 36.9 Å². The molecule has 0 spiro atoms. The average Bonchev–Trinajstić information content (AvgIpc) is 3.20. The van der Waals surface area contributed by atoms with Gasteiger partial charge in [0, 0.05) is 6.54 Å². The zero-order chi connectivity index (χ0) is 17.0. The molecule has 0 radical (unpaired) electrons. The molecule has 0 unspecified atom stereocenters. The summed E-state index contributed by atoms with van der Waals surface area (Å²) in [6.45, 7) is 3.81. The van der Waals surface area contributed by atoms with Gasteiger partial charge in [-0.1, -0.05) is 35.9 Å². The van der Waals surface area contributed by atoms with Crippen molar-refractivity contribution in [3.63, 3.8) is 0 Å². The minimum Gasteiger partial charge on any atom is -0.465 e.